The summed E-state index contributed by atoms with van der Waals surface area (Å²) >= 11 is 1.96. The predicted molar refractivity (Wildman–Crippen MR) is 87.6 cm³/mol. The van der Waals surface area contributed by atoms with Crippen LogP contribution in [0, 0.1) is 12.8 Å². The summed E-state index contributed by atoms with van der Waals surface area (Å²) in [5.41, 5.74) is 0. The number of thioether (sulfide) groups is 1. The van der Waals surface area contributed by atoms with Crippen LogP contribution in [0.5, 0.6) is 0 Å². The maximum absolute atomic E-state index is 11.9. The van der Waals surface area contributed by atoms with Crippen LogP contribution in [0.15, 0.2) is 12.4 Å². The fourth-order valence-electron chi connectivity index (χ4n) is 2.57. The molecule has 118 valence electrons. The number of amides is 2. The van der Waals surface area contributed by atoms with E-state index < -0.39 is 0 Å². The van der Waals surface area contributed by atoms with E-state index in [1.165, 1.54) is 18.6 Å². The summed E-state index contributed by atoms with van der Waals surface area (Å²) < 4.78 is 2.33. The molecule has 0 aliphatic carbocycles. The van der Waals surface area contributed by atoms with Gasteiger partial charge in [0.05, 0.1) is 0 Å². The summed E-state index contributed by atoms with van der Waals surface area (Å²) in [6.45, 7) is 8.65. The second-order valence-electron chi connectivity index (χ2n) is 6.20. The van der Waals surface area contributed by atoms with Crippen molar-refractivity contribution >= 4 is 17.8 Å². The molecule has 2 rings (SSSR count). The summed E-state index contributed by atoms with van der Waals surface area (Å²) in [6.07, 6.45) is 6.23. The Labute approximate surface area is 131 Å². The number of aromatic nitrogens is 2. The molecule has 1 aromatic heterocycles. The quantitative estimate of drug-likeness (QED) is 0.848. The first kappa shape index (κ1) is 16.2. The van der Waals surface area contributed by atoms with Crippen LogP contribution in [0.25, 0.3) is 0 Å². The van der Waals surface area contributed by atoms with E-state index in [2.05, 4.69) is 34.0 Å². The number of imidazole rings is 1. The number of aryl methyl sites for hydroxylation is 1. The van der Waals surface area contributed by atoms with Crippen LogP contribution in [0.1, 0.15) is 32.5 Å². The molecular weight excluding hydrogens is 284 g/mol. The smallest absolute Gasteiger partial charge is 0.314 e. The maximum Gasteiger partial charge on any atom is 0.314 e. The third-order valence-electron chi connectivity index (χ3n) is 3.97. The van der Waals surface area contributed by atoms with Gasteiger partial charge in [-0.15, -0.1) is 0 Å². The van der Waals surface area contributed by atoms with Gasteiger partial charge >= 0.3 is 6.03 Å². The Morgan fingerprint density at radius 1 is 1.57 bits per heavy atom. The first-order valence-electron chi connectivity index (χ1n) is 7.62. The van der Waals surface area contributed by atoms with Gasteiger partial charge in [0.2, 0.25) is 0 Å². The summed E-state index contributed by atoms with van der Waals surface area (Å²) in [5, 5.41) is 5.96. The molecular formula is C15H26N4OS. The van der Waals surface area contributed by atoms with Gasteiger partial charge in [-0.25, -0.2) is 9.78 Å². The van der Waals surface area contributed by atoms with Gasteiger partial charge in [-0.1, -0.05) is 6.92 Å². The Morgan fingerprint density at radius 2 is 2.38 bits per heavy atom. The average molecular weight is 310 g/mol. The Hall–Kier alpha value is -1.17. The van der Waals surface area contributed by atoms with Gasteiger partial charge in [0.15, 0.2) is 0 Å². The van der Waals surface area contributed by atoms with Gasteiger partial charge in [0.25, 0.3) is 0 Å². The molecule has 0 aromatic carbocycles. The predicted octanol–water partition coefficient (Wildman–Crippen LogP) is 2.41. The number of urea groups is 1. The zero-order valence-corrected chi connectivity index (χ0v) is 14.0. The van der Waals surface area contributed by atoms with Crippen molar-refractivity contribution in [2.24, 2.45) is 5.92 Å². The lowest BCUT2D eigenvalue weighted by Gasteiger charge is -2.23. The van der Waals surface area contributed by atoms with Crippen LogP contribution < -0.4 is 10.6 Å². The molecule has 1 saturated heterocycles. The van der Waals surface area contributed by atoms with Crippen molar-refractivity contribution in [3.05, 3.63) is 18.2 Å². The van der Waals surface area contributed by atoms with E-state index >= 15 is 0 Å². The summed E-state index contributed by atoms with van der Waals surface area (Å²) in [6, 6.07) is -0.0575. The van der Waals surface area contributed by atoms with E-state index in [1.54, 1.807) is 0 Å². The van der Waals surface area contributed by atoms with E-state index in [4.69, 9.17) is 0 Å². The molecule has 0 saturated carbocycles. The third-order valence-corrected chi connectivity index (χ3v) is 5.50. The lowest BCUT2D eigenvalue weighted by Crippen LogP contribution is -2.43. The van der Waals surface area contributed by atoms with Crippen LogP contribution >= 0.6 is 11.8 Å². The van der Waals surface area contributed by atoms with Gasteiger partial charge in [0, 0.05) is 36.8 Å². The van der Waals surface area contributed by atoms with Crippen LogP contribution in [0.2, 0.25) is 0 Å². The summed E-state index contributed by atoms with van der Waals surface area (Å²) in [4.78, 5) is 16.1. The minimum absolute atomic E-state index is 0.0575. The lowest BCUT2D eigenvalue weighted by atomic mass is 10.1. The van der Waals surface area contributed by atoms with Gasteiger partial charge in [-0.2, -0.15) is 11.8 Å². The number of carbonyl (C=O) groups is 1. The van der Waals surface area contributed by atoms with Crippen LogP contribution in [0.4, 0.5) is 4.79 Å². The molecule has 5 nitrogen and oxygen atoms in total. The van der Waals surface area contributed by atoms with Crippen molar-refractivity contribution in [3.63, 3.8) is 0 Å². The van der Waals surface area contributed by atoms with E-state index in [1.807, 2.05) is 31.1 Å². The molecule has 2 atom stereocenters. The Morgan fingerprint density at radius 3 is 3.00 bits per heavy atom. The van der Waals surface area contributed by atoms with E-state index in [9.17, 15) is 4.79 Å². The van der Waals surface area contributed by atoms with Crippen LogP contribution in [-0.4, -0.2) is 39.2 Å². The average Bonchev–Trinajstić information content (AvgIpc) is 3.05. The molecule has 2 unspecified atom stereocenters. The molecule has 1 aliphatic heterocycles. The largest absolute Gasteiger partial charge is 0.338 e. The highest BCUT2D eigenvalue weighted by molar-refractivity contribution is 8.00. The van der Waals surface area contributed by atoms with Crippen LogP contribution in [0.3, 0.4) is 0 Å². The molecule has 1 aliphatic rings. The number of rotatable bonds is 6. The third kappa shape index (κ3) is 4.95. The SMILES string of the molecule is Cc1nccn1CC(C)CNC(=O)NCC1(C)CCCS1. The Balaban J connectivity index is 1.65. The molecule has 2 N–H and O–H groups in total. The summed E-state index contributed by atoms with van der Waals surface area (Å²) in [7, 11) is 0. The molecule has 2 amide bonds. The monoisotopic (exact) mass is 310 g/mol. The fourth-order valence-corrected chi connectivity index (χ4v) is 3.81. The molecule has 0 spiro atoms. The number of nitrogens with one attached hydrogen (secondary N) is 2. The van der Waals surface area contributed by atoms with Gasteiger partial charge in [0.1, 0.15) is 5.82 Å². The molecule has 1 fully saturated rings. The first-order chi connectivity index (χ1) is 9.98. The highest BCUT2D eigenvalue weighted by Crippen LogP contribution is 2.36. The Bertz CT molecular complexity index is 468. The first-order valence-corrected chi connectivity index (χ1v) is 8.60. The van der Waals surface area contributed by atoms with Gasteiger partial charge in [-0.3, -0.25) is 0 Å². The van der Waals surface area contributed by atoms with Crippen molar-refractivity contribution in [1.82, 2.24) is 20.2 Å². The molecule has 2 heterocycles. The molecule has 0 bridgehead atoms. The molecule has 1 aromatic rings. The van der Waals surface area contributed by atoms with E-state index in [0.29, 0.717) is 12.5 Å². The highest BCUT2D eigenvalue weighted by Gasteiger charge is 2.29. The molecule has 21 heavy (non-hydrogen) atoms. The van der Waals surface area contributed by atoms with Crippen molar-refractivity contribution in [2.45, 2.75) is 44.9 Å². The van der Waals surface area contributed by atoms with E-state index in [0.717, 1.165) is 18.9 Å². The lowest BCUT2D eigenvalue weighted by molar-refractivity contribution is 0.237. The number of hydrogen-bond acceptors (Lipinski definition) is 3. The second kappa shape index (κ2) is 7.20. The van der Waals surface area contributed by atoms with Crippen LogP contribution in [-0.2, 0) is 6.54 Å². The minimum Gasteiger partial charge on any atom is -0.338 e. The number of hydrogen-bond donors (Lipinski definition) is 2. The van der Waals surface area contributed by atoms with E-state index in [-0.39, 0.29) is 10.8 Å². The highest BCUT2D eigenvalue weighted by atomic mass is 32.2. The molecule has 0 radical (unpaired) electrons. The van der Waals surface area contributed by atoms with Crippen molar-refractivity contribution in [2.75, 3.05) is 18.8 Å². The minimum atomic E-state index is -0.0575. The van der Waals surface area contributed by atoms with Gasteiger partial charge < -0.3 is 15.2 Å². The van der Waals surface area contributed by atoms with Crippen molar-refractivity contribution in [3.8, 4) is 0 Å². The topological polar surface area (TPSA) is 59.0 Å². The zero-order valence-electron chi connectivity index (χ0n) is 13.2. The van der Waals surface area contributed by atoms with Crippen molar-refractivity contribution < 1.29 is 4.79 Å². The van der Waals surface area contributed by atoms with Gasteiger partial charge in [-0.05, 0) is 38.4 Å². The standard InChI is InChI=1S/C15H26N4OS/c1-12(10-19-7-6-16-13(19)2)9-17-14(20)18-11-15(3)5-4-8-21-15/h6-7,12H,4-5,8-11H2,1-3H3,(H2,17,18,20). The number of nitrogens with zero attached hydrogens (tertiary/aromatic N) is 2. The zero-order chi connectivity index (χ0) is 15.3. The molecule has 6 heteroatoms. The summed E-state index contributed by atoms with van der Waals surface area (Å²) in [5.74, 6) is 2.60. The normalized spacial score (nSPS) is 23.0. The number of carbonyl (C=O) groups excluding carboxylic acids is 1. The fraction of sp³-hybridized carbons (Fsp3) is 0.733. The van der Waals surface area contributed by atoms with Crippen molar-refractivity contribution in [1.29, 1.82) is 0 Å². The Kier molecular flexibility index (Phi) is 5.56. The maximum atomic E-state index is 11.9. The second-order valence-corrected chi connectivity index (χ2v) is 7.88.